The molecular weight excluding hydrogens is 327 g/mol. The van der Waals surface area contributed by atoms with Crippen molar-refractivity contribution in [3.8, 4) is 0 Å². The molecule has 1 unspecified atom stereocenters. The summed E-state index contributed by atoms with van der Waals surface area (Å²) in [7, 11) is 0. The van der Waals surface area contributed by atoms with Crippen molar-refractivity contribution >= 4 is 28.6 Å². The lowest BCUT2D eigenvalue weighted by Crippen LogP contribution is -2.10. The first-order valence-corrected chi connectivity index (χ1v) is 7.59. The van der Waals surface area contributed by atoms with Gasteiger partial charge in [-0.15, -0.1) is 0 Å². The highest BCUT2D eigenvalue weighted by Gasteiger charge is 2.16. The molecule has 0 saturated carbocycles. The molecule has 0 fully saturated rings. The fourth-order valence-corrected chi connectivity index (χ4v) is 2.43. The number of carbonyl (C=O) groups is 1. The fraction of sp³-hybridized carbons (Fsp3) is 0.500. The molecule has 1 N–H and O–H groups in total. The average Bonchev–Trinajstić information content (AvgIpc) is 2.32. The molecule has 1 rings (SSSR count). The Balaban J connectivity index is 2.63. The molecule has 17 heavy (non-hydrogen) atoms. The summed E-state index contributed by atoms with van der Waals surface area (Å²) in [5, 5.41) is 9.07. The average molecular weight is 346 g/mol. The van der Waals surface area contributed by atoms with Crippen molar-refractivity contribution in [3.63, 3.8) is 0 Å². The SMILES string of the molecule is CCC(C(=O)O)c1ccc(CCCCI)cc1. The molecule has 0 aliphatic rings. The van der Waals surface area contributed by atoms with Crippen molar-refractivity contribution in [2.24, 2.45) is 0 Å². The molecule has 0 bridgehead atoms. The van der Waals surface area contributed by atoms with Gasteiger partial charge >= 0.3 is 5.97 Å². The number of aliphatic carboxylic acids is 1. The van der Waals surface area contributed by atoms with E-state index in [4.69, 9.17) is 5.11 Å². The number of halogens is 1. The first-order valence-electron chi connectivity index (χ1n) is 6.06. The Morgan fingerprint density at radius 2 is 1.94 bits per heavy atom. The van der Waals surface area contributed by atoms with Crippen molar-refractivity contribution in [1.82, 2.24) is 0 Å². The van der Waals surface area contributed by atoms with Crippen molar-refractivity contribution < 1.29 is 9.90 Å². The van der Waals surface area contributed by atoms with Crippen molar-refractivity contribution in [2.45, 2.75) is 38.5 Å². The van der Waals surface area contributed by atoms with E-state index in [1.165, 1.54) is 22.8 Å². The van der Waals surface area contributed by atoms with Gasteiger partial charge in [-0.05, 0) is 41.2 Å². The summed E-state index contributed by atoms with van der Waals surface area (Å²) in [6, 6.07) is 8.05. The first kappa shape index (κ1) is 14.5. The minimum Gasteiger partial charge on any atom is -0.481 e. The number of unbranched alkanes of at least 4 members (excludes halogenated alkanes) is 1. The van der Waals surface area contributed by atoms with Crippen LogP contribution in [-0.2, 0) is 11.2 Å². The first-order chi connectivity index (χ1) is 8.19. The van der Waals surface area contributed by atoms with Crippen molar-refractivity contribution in [1.29, 1.82) is 0 Å². The van der Waals surface area contributed by atoms with Crippen LogP contribution in [0.5, 0.6) is 0 Å². The number of aryl methyl sites for hydroxylation is 1. The number of hydrogen-bond donors (Lipinski definition) is 1. The van der Waals surface area contributed by atoms with E-state index in [1.54, 1.807) is 0 Å². The summed E-state index contributed by atoms with van der Waals surface area (Å²) in [5.41, 5.74) is 2.22. The zero-order valence-electron chi connectivity index (χ0n) is 10.2. The van der Waals surface area contributed by atoms with Crippen LogP contribution in [0.1, 0.15) is 43.2 Å². The van der Waals surface area contributed by atoms with Gasteiger partial charge in [0.15, 0.2) is 0 Å². The Hall–Kier alpha value is -0.580. The number of carboxylic acids is 1. The second kappa shape index (κ2) is 7.69. The van der Waals surface area contributed by atoms with Crippen LogP contribution in [0.3, 0.4) is 0 Å². The van der Waals surface area contributed by atoms with Gasteiger partial charge in [-0.1, -0.05) is 53.8 Å². The molecule has 3 heteroatoms. The summed E-state index contributed by atoms with van der Waals surface area (Å²) < 4.78 is 1.20. The number of hydrogen-bond acceptors (Lipinski definition) is 1. The van der Waals surface area contributed by atoms with Gasteiger partial charge in [-0.2, -0.15) is 0 Å². The lowest BCUT2D eigenvalue weighted by atomic mass is 9.95. The molecule has 1 aromatic rings. The van der Waals surface area contributed by atoms with Gasteiger partial charge in [0.1, 0.15) is 0 Å². The minimum absolute atomic E-state index is 0.363. The van der Waals surface area contributed by atoms with Crippen LogP contribution >= 0.6 is 22.6 Å². The van der Waals surface area contributed by atoms with Crippen LogP contribution in [0.4, 0.5) is 0 Å². The highest BCUT2D eigenvalue weighted by molar-refractivity contribution is 14.1. The van der Waals surface area contributed by atoms with Gasteiger partial charge in [0.25, 0.3) is 0 Å². The van der Waals surface area contributed by atoms with E-state index >= 15 is 0 Å². The maximum Gasteiger partial charge on any atom is 0.310 e. The minimum atomic E-state index is -0.731. The van der Waals surface area contributed by atoms with Gasteiger partial charge in [-0.3, -0.25) is 4.79 Å². The molecule has 0 aromatic heterocycles. The van der Waals surface area contributed by atoms with Crippen LogP contribution in [0.15, 0.2) is 24.3 Å². The zero-order chi connectivity index (χ0) is 12.7. The quantitative estimate of drug-likeness (QED) is 0.460. The molecule has 2 nitrogen and oxygen atoms in total. The normalized spacial score (nSPS) is 12.4. The summed E-state index contributed by atoms with van der Waals surface area (Å²) in [5.74, 6) is -1.09. The van der Waals surface area contributed by atoms with Crippen LogP contribution in [0, 0.1) is 0 Å². The Morgan fingerprint density at radius 3 is 2.41 bits per heavy atom. The predicted molar refractivity (Wildman–Crippen MR) is 78.9 cm³/mol. The van der Waals surface area contributed by atoms with E-state index in [9.17, 15) is 4.79 Å². The molecule has 0 amide bonds. The third kappa shape index (κ3) is 4.66. The smallest absolute Gasteiger partial charge is 0.310 e. The van der Waals surface area contributed by atoms with Gasteiger partial charge in [0, 0.05) is 0 Å². The second-order valence-corrected chi connectivity index (χ2v) is 5.27. The molecule has 1 aromatic carbocycles. The largest absolute Gasteiger partial charge is 0.481 e. The second-order valence-electron chi connectivity index (χ2n) is 4.19. The predicted octanol–water partition coefficient (Wildman–Crippen LogP) is 4.02. The van der Waals surface area contributed by atoms with Gasteiger partial charge in [-0.25, -0.2) is 0 Å². The highest BCUT2D eigenvalue weighted by atomic mass is 127. The summed E-state index contributed by atoms with van der Waals surface area (Å²) in [4.78, 5) is 11.0. The molecule has 0 saturated heterocycles. The Bertz CT molecular complexity index is 346. The number of benzene rings is 1. The molecule has 0 heterocycles. The maximum atomic E-state index is 11.0. The van der Waals surface area contributed by atoms with Gasteiger partial charge in [0.2, 0.25) is 0 Å². The number of rotatable bonds is 7. The zero-order valence-corrected chi connectivity index (χ0v) is 12.3. The molecular formula is C14H19IO2. The molecule has 0 spiro atoms. The standard InChI is InChI=1S/C14H19IO2/c1-2-13(14(16)17)12-8-6-11(7-9-12)5-3-4-10-15/h6-9,13H,2-5,10H2,1H3,(H,16,17). The Morgan fingerprint density at radius 1 is 1.29 bits per heavy atom. The monoisotopic (exact) mass is 346 g/mol. The van der Waals surface area contributed by atoms with E-state index in [1.807, 2.05) is 19.1 Å². The van der Waals surface area contributed by atoms with Crippen LogP contribution in [0.25, 0.3) is 0 Å². The van der Waals surface area contributed by atoms with Crippen LogP contribution in [0.2, 0.25) is 0 Å². The van der Waals surface area contributed by atoms with E-state index < -0.39 is 5.97 Å². The topological polar surface area (TPSA) is 37.3 Å². The fourth-order valence-electron chi connectivity index (χ4n) is 1.89. The number of alkyl halides is 1. The van der Waals surface area contributed by atoms with Gasteiger partial charge in [0.05, 0.1) is 5.92 Å². The van der Waals surface area contributed by atoms with E-state index in [0.29, 0.717) is 6.42 Å². The third-order valence-corrected chi connectivity index (χ3v) is 3.70. The van der Waals surface area contributed by atoms with E-state index in [0.717, 1.165) is 12.0 Å². The third-order valence-electron chi connectivity index (χ3n) is 2.94. The Labute approximate surface area is 117 Å². The van der Waals surface area contributed by atoms with E-state index in [-0.39, 0.29) is 5.92 Å². The van der Waals surface area contributed by atoms with Crippen molar-refractivity contribution in [2.75, 3.05) is 4.43 Å². The lowest BCUT2D eigenvalue weighted by molar-refractivity contribution is -0.138. The van der Waals surface area contributed by atoms with Crippen LogP contribution < -0.4 is 0 Å². The lowest BCUT2D eigenvalue weighted by Gasteiger charge is -2.10. The van der Waals surface area contributed by atoms with Gasteiger partial charge < -0.3 is 5.11 Å². The molecule has 94 valence electrons. The molecule has 0 aliphatic carbocycles. The Kier molecular flexibility index (Phi) is 6.55. The highest BCUT2D eigenvalue weighted by Crippen LogP contribution is 2.20. The number of carboxylic acid groups (broad SMARTS) is 1. The molecule has 0 radical (unpaired) electrons. The summed E-state index contributed by atoms with van der Waals surface area (Å²) in [6.45, 7) is 1.91. The van der Waals surface area contributed by atoms with Crippen molar-refractivity contribution in [3.05, 3.63) is 35.4 Å². The summed E-state index contributed by atoms with van der Waals surface area (Å²) >= 11 is 2.39. The maximum absolute atomic E-state index is 11.0. The summed E-state index contributed by atoms with van der Waals surface area (Å²) in [6.07, 6.45) is 4.18. The molecule has 1 atom stereocenters. The van der Waals surface area contributed by atoms with Crippen LogP contribution in [-0.4, -0.2) is 15.5 Å². The van der Waals surface area contributed by atoms with E-state index in [2.05, 4.69) is 34.7 Å². The molecule has 0 aliphatic heterocycles.